The van der Waals surface area contributed by atoms with Gasteiger partial charge in [0.1, 0.15) is 5.65 Å². The molecular weight excluding hydrogens is 242 g/mol. The van der Waals surface area contributed by atoms with Gasteiger partial charge in [0.25, 0.3) is 0 Å². The molecule has 0 saturated carbocycles. The molecule has 2 heterocycles. The summed E-state index contributed by atoms with van der Waals surface area (Å²) in [6.45, 7) is 0. The van der Waals surface area contributed by atoms with Crippen LogP contribution in [0.5, 0.6) is 0 Å². The lowest BCUT2D eigenvalue weighted by atomic mass is 10.1. The largest absolute Gasteiger partial charge is 0.393 e. The van der Waals surface area contributed by atoms with E-state index in [0.717, 1.165) is 28.7 Å². The first-order valence-electron chi connectivity index (χ1n) is 5.89. The van der Waals surface area contributed by atoms with Crippen LogP contribution in [0.3, 0.4) is 0 Å². The van der Waals surface area contributed by atoms with Gasteiger partial charge < -0.3 is 10.7 Å². The number of nitrogens with two attached hydrogens (primary N) is 1. The van der Waals surface area contributed by atoms with Crippen molar-refractivity contribution in [1.29, 1.82) is 0 Å². The van der Waals surface area contributed by atoms with Crippen molar-refractivity contribution < 1.29 is 0 Å². The lowest BCUT2D eigenvalue weighted by molar-refractivity contribution is 0.984. The molecule has 0 amide bonds. The lowest BCUT2D eigenvalue weighted by Gasteiger charge is -1.99. The Morgan fingerprint density at radius 3 is 2.83 bits per heavy atom. The summed E-state index contributed by atoms with van der Waals surface area (Å²) >= 11 is 4.89. The summed E-state index contributed by atoms with van der Waals surface area (Å²) in [5.74, 6) is 0. The SMILES string of the molecule is NC(=S)CCc1ccc2c(n1)[nH]c1ccccc12. The molecule has 3 N–H and O–H groups in total. The number of nitrogens with one attached hydrogen (secondary N) is 1. The maximum Gasteiger partial charge on any atom is 0.138 e. The first-order valence-corrected chi connectivity index (χ1v) is 6.29. The molecule has 90 valence electrons. The number of nitrogens with zero attached hydrogens (tertiary/aromatic N) is 1. The summed E-state index contributed by atoms with van der Waals surface area (Å²) < 4.78 is 0. The number of pyridine rings is 1. The summed E-state index contributed by atoms with van der Waals surface area (Å²) in [6.07, 6.45) is 1.49. The predicted octanol–water partition coefficient (Wildman–Crippen LogP) is 2.93. The third-order valence-corrected chi connectivity index (χ3v) is 3.25. The van der Waals surface area contributed by atoms with Crippen LogP contribution in [0.1, 0.15) is 12.1 Å². The zero-order valence-corrected chi connectivity index (χ0v) is 10.6. The van der Waals surface area contributed by atoms with E-state index >= 15 is 0 Å². The van der Waals surface area contributed by atoms with Gasteiger partial charge in [0, 0.05) is 28.4 Å². The fourth-order valence-corrected chi connectivity index (χ4v) is 2.26. The van der Waals surface area contributed by atoms with Crippen molar-refractivity contribution in [3.8, 4) is 0 Å². The minimum atomic E-state index is 0.536. The van der Waals surface area contributed by atoms with Gasteiger partial charge in [0.15, 0.2) is 0 Å². The van der Waals surface area contributed by atoms with E-state index < -0.39 is 0 Å². The van der Waals surface area contributed by atoms with Gasteiger partial charge in [-0.15, -0.1) is 0 Å². The van der Waals surface area contributed by atoms with E-state index in [1.807, 2.05) is 18.2 Å². The van der Waals surface area contributed by atoms with Crippen LogP contribution in [-0.2, 0) is 6.42 Å². The van der Waals surface area contributed by atoms with Gasteiger partial charge >= 0.3 is 0 Å². The molecule has 1 aromatic carbocycles. The maximum atomic E-state index is 5.51. The molecule has 0 aliphatic rings. The van der Waals surface area contributed by atoms with Gasteiger partial charge in [-0.2, -0.15) is 0 Å². The summed E-state index contributed by atoms with van der Waals surface area (Å²) in [7, 11) is 0. The molecule has 0 saturated heterocycles. The van der Waals surface area contributed by atoms with Gasteiger partial charge in [-0.05, 0) is 24.6 Å². The predicted molar refractivity (Wildman–Crippen MR) is 78.7 cm³/mol. The molecule has 0 fully saturated rings. The minimum Gasteiger partial charge on any atom is -0.393 e. The third-order valence-electron chi connectivity index (χ3n) is 3.05. The van der Waals surface area contributed by atoms with Crippen LogP contribution in [-0.4, -0.2) is 15.0 Å². The number of benzene rings is 1. The molecule has 0 radical (unpaired) electrons. The van der Waals surface area contributed by atoms with E-state index in [0.29, 0.717) is 11.4 Å². The number of aromatic nitrogens is 2. The molecule has 3 aromatic rings. The molecule has 2 aromatic heterocycles. The van der Waals surface area contributed by atoms with Crippen molar-refractivity contribution in [1.82, 2.24) is 9.97 Å². The van der Waals surface area contributed by atoms with Crippen LogP contribution in [0.4, 0.5) is 0 Å². The van der Waals surface area contributed by atoms with E-state index in [1.165, 1.54) is 5.39 Å². The van der Waals surface area contributed by atoms with Crippen molar-refractivity contribution in [3.05, 3.63) is 42.1 Å². The second kappa shape index (κ2) is 4.38. The second-order valence-corrected chi connectivity index (χ2v) is 4.86. The minimum absolute atomic E-state index is 0.536. The van der Waals surface area contributed by atoms with Crippen LogP contribution in [0.15, 0.2) is 36.4 Å². The number of para-hydroxylation sites is 1. The molecule has 0 spiro atoms. The number of rotatable bonds is 3. The molecular formula is C14H13N3S. The normalized spacial score (nSPS) is 11.1. The number of H-pyrrole nitrogens is 1. The number of hydrogen-bond donors (Lipinski definition) is 2. The molecule has 3 nitrogen and oxygen atoms in total. The highest BCUT2D eigenvalue weighted by molar-refractivity contribution is 7.80. The average Bonchev–Trinajstić information content (AvgIpc) is 2.73. The maximum absolute atomic E-state index is 5.51. The number of aromatic amines is 1. The number of aryl methyl sites for hydroxylation is 1. The number of fused-ring (bicyclic) bond motifs is 3. The van der Waals surface area contributed by atoms with Crippen molar-refractivity contribution in [2.45, 2.75) is 12.8 Å². The zero-order valence-electron chi connectivity index (χ0n) is 9.81. The topological polar surface area (TPSA) is 54.7 Å². The third kappa shape index (κ3) is 1.95. The summed E-state index contributed by atoms with van der Waals surface area (Å²) in [5.41, 5.74) is 8.57. The van der Waals surface area contributed by atoms with E-state index in [2.05, 4.69) is 28.2 Å². The quantitative estimate of drug-likeness (QED) is 0.707. The Hall–Kier alpha value is -1.94. The van der Waals surface area contributed by atoms with Crippen LogP contribution in [0.2, 0.25) is 0 Å². The van der Waals surface area contributed by atoms with Crippen molar-refractivity contribution in [3.63, 3.8) is 0 Å². The van der Waals surface area contributed by atoms with E-state index in [4.69, 9.17) is 18.0 Å². The van der Waals surface area contributed by atoms with Gasteiger partial charge in [-0.25, -0.2) is 4.98 Å². The smallest absolute Gasteiger partial charge is 0.138 e. The van der Waals surface area contributed by atoms with Gasteiger partial charge in [-0.1, -0.05) is 30.4 Å². The van der Waals surface area contributed by atoms with E-state index in [1.54, 1.807) is 0 Å². The Balaban J connectivity index is 2.07. The lowest BCUT2D eigenvalue weighted by Crippen LogP contribution is -2.09. The number of hydrogen-bond acceptors (Lipinski definition) is 2. The molecule has 0 unspecified atom stereocenters. The Morgan fingerprint density at radius 2 is 2.00 bits per heavy atom. The van der Waals surface area contributed by atoms with Gasteiger partial charge in [-0.3, -0.25) is 0 Å². The molecule has 4 heteroatoms. The molecule has 3 rings (SSSR count). The standard InChI is InChI=1S/C14H13N3S/c15-13(18)8-6-9-5-7-11-10-3-1-2-4-12(10)17-14(11)16-9/h1-5,7H,6,8H2,(H2,15,18)(H,16,17). The van der Waals surface area contributed by atoms with Crippen LogP contribution >= 0.6 is 12.2 Å². The molecule has 0 aliphatic heterocycles. The van der Waals surface area contributed by atoms with Gasteiger partial charge in [0.05, 0.1) is 4.99 Å². The molecule has 0 atom stereocenters. The van der Waals surface area contributed by atoms with Crippen LogP contribution < -0.4 is 5.73 Å². The Labute approximate surface area is 110 Å². The first kappa shape index (κ1) is 11.2. The van der Waals surface area contributed by atoms with Crippen LogP contribution in [0.25, 0.3) is 21.9 Å². The molecule has 0 aliphatic carbocycles. The highest BCUT2D eigenvalue weighted by atomic mass is 32.1. The van der Waals surface area contributed by atoms with Gasteiger partial charge in [0.2, 0.25) is 0 Å². The summed E-state index contributed by atoms with van der Waals surface area (Å²) in [5, 5.41) is 2.37. The fraction of sp³-hybridized carbons (Fsp3) is 0.143. The van der Waals surface area contributed by atoms with Crippen molar-refractivity contribution in [2.24, 2.45) is 5.73 Å². The Morgan fingerprint density at radius 1 is 1.17 bits per heavy atom. The Kier molecular flexibility index (Phi) is 2.72. The zero-order chi connectivity index (χ0) is 12.5. The molecule has 18 heavy (non-hydrogen) atoms. The summed E-state index contributed by atoms with van der Waals surface area (Å²) in [4.78, 5) is 8.48. The average molecular weight is 255 g/mol. The highest BCUT2D eigenvalue weighted by Crippen LogP contribution is 2.24. The second-order valence-electron chi connectivity index (χ2n) is 4.34. The fourth-order valence-electron chi connectivity index (χ4n) is 2.16. The first-order chi connectivity index (χ1) is 8.74. The van der Waals surface area contributed by atoms with Crippen molar-refractivity contribution >= 4 is 39.1 Å². The molecule has 0 bridgehead atoms. The monoisotopic (exact) mass is 255 g/mol. The highest BCUT2D eigenvalue weighted by Gasteiger charge is 2.05. The van der Waals surface area contributed by atoms with Crippen LogP contribution in [0, 0.1) is 0 Å². The van der Waals surface area contributed by atoms with E-state index in [9.17, 15) is 0 Å². The Bertz CT molecular complexity index is 730. The van der Waals surface area contributed by atoms with Crippen molar-refractivity contribution in [2.75, 3.05) is 0 Å². The summed E-state index contributed by atoms with van der Waals surface area (Å²) in [6, 6.07) is 12.4. The van der Waals surface area contributed by atoms with E-state index in [-0.39, 0.29) is 0 Å². The number of thiocarbonyl (C=S) groups is 1.